The van der Waals surface area contributed by atoms with E-state index in [1.807, 2.05) is 30.3 Å². The fourth-order valence-electron chi connectivity index (χ4n) is 2.77. The predicted molar refractivity (Wildman–Crippen MR) is 95.3 cm³/mol. The molecule has 0 saturated carbocycles. The molecule has 1 heterocycles. The van der Waals surface area contributed by atoms with Crippen molar-refractivity contribution >= 4 is 17.7 Å². The summed E-state index contributed by atoms with van der Waals surface area (Å²) < 4.78 is 1.46. The number of carbonyl (C=O) groups is 1. The number of carbonyl (C=O) groups excluding carboxylic acids is 1. The lowest BCUT2D eigenvalue weighted by atomic mass is 10.2. The highest BCUT2D eigenvalue weighted by Crippen LogP contribution is 2.18. The Bertz CT molecular complexity index is 759. The fourth-order valence-corrected chi connectivity index (χ4v) is 3.64. The normalized spacial score (nSPS) is 12.8. The van der Waals surface area contributed by atoms with Crippen molar-refractivity contribution < 1.29 is 4.79 Å². The average Bonchev–Trinajstić information content (AvgIpc) is 3.03. The monoisotopic (exact) mass is 343 g/mol. The molecule has 1 amide bonds. The predicted octanol–water partition coefficient (Wildman–Crippen LogP) is 2.03. The number of rotatable bonds is 7. The van der Waals surface area contributed by atoms with Gasteiger partial charge in [-0.3, -0.25) is 9.59 Å². The summed E-state index contributed by atoms with van der Waals surface area (Å²) in [5.41, 5.74) is 2.03. The number of hydrogen-bond donors (Lipinski definition) is 1. The Kier molecular flexibility index (Phi) is 5.69. The van der Waals surface area contributed by atoms with Crippen LogP contribution in [0.1, 0.15) is 24.1 Å². The molecule has 0 saturated heterocycles. The highest BCUT2D eigenvalue weighted by Gasteiger charge is 2.14. The number of nitrogens with zero attached hydrogens (tertiary/aromatic N) is 2. The van der Waals surface area contributed by atoms with Gasteiger partial charge in [0.1, 0.15) is 0 Å². The van der Waals surface area contributed by atoms with Crippen LogP contribution in [0.2, 0.25) is 0 Å². The van der Waals surface area contributed by atoms with Gasteiger partial charge in [0.2, 0.25) is 5.91 Å². The van der Waals surface area contributed by atoms with Crippen LogP contribution in [0, 0.1) is 0 Å². The van der Waals surface area contributed by atoms with Gasteiger partial charge in [-0.1, -0.05) is 18.2 Å². The Morgan fingerprint density at radius 3 is 2.92 bits per heavy atom. The van der Waals surface area contributed by atoms with Crippen molar-refractivity contribution in [2.24, 2.45) is 0 Å². The minimum Gasteiger partial charge on any atom is -0.354 e. The molecule has 24 heavy (non-hydrogen) atoms. The molecule has 0 bridgehead atoms. The van der Waals surface area contributed by atoms with E-state index in [1.54, 1.807) is 17.8 Å². The third-order valence-corrected chi connectivity index (χ3v) is 5.02. The summed E-state index contributed by atoms with van der Waals surface area (Å²) in [6.07, 6.45) is 3.43. The van der Waals surface area contributed by atoms with Crippen LogP contribution in [0.3, 0.4) is 0 Å². The zero-order valence-electron chi connectivity index (χ0n) is 13.5. The van der Waals surface area contributed by atoms with E-state index in [0.29, 0.717) is 19.5 Å². The summed E-state index contributed by atoms with van der Waals surface area (Å²) in [6.45, 7) is 0.851. The van der Waals surface area contributed by atoms with Crippen molar-refractivity contribution in [3.05, 3.63) is 58.0 Å². The second kappa shape index (κ2) is 8.15. The maximum atomic E-state index is 12.0. The first-order valence-electron chi connectivity index (χ1n) is 8.27. The highest BCUT2D eigenvalue weighted by molar-refractivity contribution is 7.99. The molecule has 0 atom stereocenters. The molecule has 2 aromatic rings. The molecule has 1 aliphatic rings. The molecule has 0 unspecified atom stereocenters. The van der Waals surface area contributed by atoms with Gasteiger partial charge in [0, 0.05) is 29.7 Å². The van der Waals surface area contributed by atoms with Crippen molar-refractivity contribution in [1.29, 1.82) is 0 Å². The van der Waals surface area contributed by atoms with Crippen LogP contribution in [0.15, 0.2) is 46.1 Å². The molecule has 3 rings (SSSR count). The molecule has 0 radical (unpaired) electrons. The first-order chi connectivity index (χ1) is 11.7. The lowest BCUT2D eigenvalue weighted by Gasteiger charge is -2.08. The van der Waals surface area contributed by atoms with E-state index >= 15 is 0 Å². The van der Waals surface area contributed by atoms with Gasteiger partial charge in [0.25, 0.3) is 5.56 Å². The largest absolute Gasteiger partial charge is 0.354 e. The van der Waals surface area contributed by atoms with Gasteiger partial charge >= 0.3 is 0 Å². The third-order valence-electron chi connectivity index (χ3n) is 4.01. The molecule has 1 N–H and O–H groups in total. The standard InChI is InChI=1S/C18H21N3O2S/c22-17(9-12-24-15-6-2-1-3-7-15)19-10-11-21-18(23)13-14-5-4-8-16(14)20-21/h1-3,6-7,13H,4-5,8-12H2,(H,19,22). The molecule has 5 nitrogen and oxygen atoms in total. The number of hydrogen-bond acceptors (Lipinski definition) is 4. The van der Waals surface area contributed by atoms with Gasteiger partial charge in [-0.05, 0) is 37.0 Å². The molecule has 0 spiro atoms. The Balaban J connectivity index is 1.40. The van der Waals surface area contributed by atoms with Gasteiger partial charge in [-0.15, -0.1) is 11.8 Å². The number of amides is 1. The van der Waals surface area contributed by atoms with Crippen molar-refractivity contribution in [3.63, 3.8) is 0 Å². The maximum Gasteiger partial charge on any atom is 0.267 e. The van der Waals surface area contributed by atoms with E-state index in [0.717, 1.165) is 36.3 Å². The zero-order valence-corrected chi connectivity index (χ0v) is 14.3. The topological polar surface area (TPSA) is 64.0 Å². The highest BCUT2D eigenvalue weighted by atomic mass is 32.2. The Hall–Kier alpha value is -2.08. The number of nitrogens with one attached hydrogen (secondary N) is 1. The van der Waals surface area contributed by atoms with E-state index < -0.39 is 0 Å². The van der Waals surface area contributed by atoms with Crippen LogP contribution < -0.4 is 10.9 Å². The van der Waals surface area contributed by atoms with Crippen molar-refractivity contribution in [2.75, 3.05) is 12.3 Å². The molecule has 0 fully saturated rings. The van der Waals surface area contributed by atoms with Crippen molar-refractivity contribution in [3.8, 4) is 0 Å². The van der Waals surface area contributed by atoms with E-state index in [1.165, 1.54) is 9.58 Å². The van der Waals surface area contributed by atoms with Gasteiger partial charge in [0.15, 0.2) is 0 Å². The van der Waals surface area contributed by atoms with E-state index in [4.69, 9.17) is 0 Å². The van der Waals surface area contributed by atoms with Gasteiger partial charge in [-0.2, -0.15) is 5.10 Å². The van der Waals surface area contributed by atoms with Crippen LogP contribution in [0.5, 0.6) is 0 Å². The van der Waals surface area contributed by atoms with Gasteiger partial charge in [-0.25, -0.2) is 4.68 Å². The third kappa shape index (κ3) is 4.47. The van der Waals surface area contributed by atoms with Crippen LogP contribution in [0.25, 0.3) is 0 Å². The maximum absolute atomic E-state index is 12.0. The smallest absolute Gasteiger partial charge is 0.267 e. The summed E-state index contributed by atoms with van der Waals surface area (Å²) in [5.74, 6) is 0.750. The quantitative estimate of drug-likeness (QED) is 0.782. The summed E-state index contributed by atoms with van der Waals surface area (Å²) in [5, 5.41) is 7.26. The van der Waals surface area contributed by atoms with Gasteiger partial charge in [0.05, 0.1) is 12.2 Å². The molecule has 0 aliphatic heterocycles. The lowest BCUT2D eigenvalue weighted by Crippen LogP contribution is -2.32. The number of thioether (sulfide) groups is 1. The summed E-state index contributed by atoms with van der Waals surface area (Å²) in [4.78, 5) is 25.0. The molecule has 1 aliphatic carbocycles. The molecule has 1 aromatic heterocycles. The molecule has 1 aromatic carbocycles. The van der Waals surface area contributed by atoms with E-state index in [9.17, 15) is 9.59 Å². The Morgan fingerprint density at radius 1 is 1.25 bits per heavy atom. The van der Waals surface area contributed by atoms with E-state index in [2.05, 4.69) is 10.4 Å². The van der Waals surface area contributed by atoms with E-state index in [-0.39, 0.29) is 11.5 Å². The average molecular weight is 343 g/mol. The zero-order chi connectivity index (χ0) is 16.8. The minimum absolute atomic E-state index is 0.00707. The summed E-state index contributed by atoms with van der Waals surface area (Å²) in [7, 11) is 0. The second-order valence-corrected chi connectivity index (χ2v) is 6.96. The molecule has 6 heteroatoms. The Morgan fingerprint density at radius 2 is 2.08 bits per heavy atom. The number of fused-ring (bicyclic) bond motifs is 1. The molecular formula is C18H21N3O2S. The number of aryl methyl sites for hydroxylation is 2. The lowest BCUT2D eigenvalue weighted by molar-refractivity contribution is -0.120. The SMILES string of the molecule is O=C(CCSc1ccccc1)NCCn1nc2c(cc1=O)CCC2. The first kappa shape index (κ1) is 16.8. The number of benzene rings is 1. The van der Waals surface area contributed by atoms with Crippen molar-refractivity contribution in [1.82, 2.24) is 15.1 Å². The summed E-state index contributed by atoms with van der Waals surface area (Å²) in [6, 6.07) is 11.7. The first-order valence-corrected chi connectivity index (χ1v) is 9.25. The molecular weight excluding hydrogens is 322 g/mol. The second-order valence-electron chi connectivity index (χ2n) is 5.79. The van der Waals surface area contributed by atoms with Crippen LogP contribution in [-0.4, -0.2) is 28.0 Å². The van der Waals surface area contributed by atoms with Crippen LogP contribution >= 0.6 is 11.8 Å². The van der Waals surface area contributed by atoms with Crippen LogP contribution in [-0.2, 0) is 24.2 Å². The van der Waals surface area contributed by atoms with Crippen LogP contribution in [0.4, 0.5) is 0 Å². The Labute approximate surface area is 145 Å². The molecule has 126 valence electrons. The van der Waals surface area contributed by atoms with Crippen molar-refractivity contribution in [2.45, 2.75) is 37.1 Å². The fraction of sp³-hybridized carbons (Fsp3) is 0.389. The number of aromatic nitrogens is 2. The summed E-state index contributed by atoms with van der Waals surface area (Å²) >= 11 is 1.67. The van der Waals surface area contributed by atoms with Gasteiger partial charge < -0.3 is 5.32 Å². The minimum atomic E-state index is -0.0791.